The third-order valence-corrected chi connectivity index (χ3v) is 5.86. The highest BCUT2D eigenvalue weighted by molar-refractivity contribution is 9.10. The molecule has 0 amide bonds. The Hall–Kier alpha value is -1.68. The second-order valence-corrected chi connectivity index (χ2v) is 8.43. The van der Waals surface area contributed by atoms with Crippen molar-refractivity contribution in [3.05, 3.63) is 28.2 Å². The average molecular weight is 491 g/mol. The average Bonchev–Trinajstić information content (AvgIpc) is 2.68. The Morgan fingerprint density at radius 3 is 2.30 bits per heavy atom. The molecule has 30 heavy (non-hydrogen) atoms. The van der Waals surface area contributed by atoms with Gasteiger partial charge in [0.1, 0.15) is 11.9 Å². The molecule has 6 atom stereocenters. The summed E-state index contributed by atoms with van der Waals surface area (Å²) in [6, 6.07) is 4.86. The highest BCUT2D eigenvalue weighted by Gasteiger charge is 2.33. The lowest BCUT2D eigenvalue weighted by Gasteiger charge is -2.29. The van der Waals surface area contributed by atoms with Gasteiger partial charge in [-0.1, -0.05) is 22.9 Å². The summed E-state index contributed by atoms with van der Waals surface area (Å²) in [5.74, 6) is -3.05. The van der Waals surface area contributed by atoms with E-state index in [1.165, 1.54) is 13.8 Å². The number of phenols is 1. The van der Waals surface area contributed by atoms with Crippen LogP contribution in [0.25, 0.3) is 0 Å². The molecule has 1 rings (SSSR count). The Balaban J connectivity index is 2.88. The van der Waals surface area contributed by atoms with E-state index in [0.29, 0.717) is 12.8 Å². The molecule has 8 nitrogen and oxygen atoms in total. The van der Waals surface area contributed by atoms with Crippen LogP contribution in [0.4, 0.5) is 0 Å². The van der Waals surface area contributed by atoms with Gasteiger partial charge in [0, 0.05) is 11.6 Å². The molecule has 1 aromatic carbocycles. The monoisotopic (exact) mass is 490 g/mol. The van der Waals surface area contributed by atoms with Crippen LogP contribution in [0.1, 0.15) is 51.7 Å². The van der Waals surface area contributed by atoms with Crippen LogP contribution >= 0.6 is 15.9 Å². The highest BCUT2D eigenvalue weighted by atomic mass is 79.9. The summed E-state index contributed by atoms with van der Waals surface area (Å²) in [5, 5.41) is 38.2. The van der Waals surface area contributed by atoms with Crippen molar-refractivity contribution in [1.29, 1.82) is 0 Å². The number of hydrogen-bond donors (Lipinski definition) is 4. The van der Waals surface area contributed by atoms with E-state index in [9.17, 15) is 30.0 Å². The van der Waals surface area contributed by atoms with Crippen LogP contribution in [0.15, 0.2) is 22.7 Å². The molecule has 170 valence electrons. The lowest BCUT2D eigenvalue weighted by Crippen LogP contribution is -2.37. The van der Waals surface area contributed by atoms with E-state index in [1.54, 1.807) is 32.2 Å². The summed E-state index contributed by atoms with van der Waals surface area (Å²) < 4.78 is 11.7. The quantitative estimate of drug-likeness (QED) is 0.328. The van der Waals surface area contributed by atoms with Gasteiger partial charge < -0.3 is 29.9 Å². The van der Waals surface area contributed by atoms with Crippen molar-refractivity contribution >= 4 is 27.9 Å². The Morgan fingerprint density at radius 1 is 1.13 bits per heavy atom. The number of carbonyl (C=O) groups excluding carboxylic acids is 1. The molecule has 0 aliphatic heterocycles. The summed E-state index contributed by atoms with van der Waals surface area (Å²) in [6.07, 6.45) is -3.11. The van der Waals surface area contributed by atoms with E-state index < -0.39 is 42.6 Å². The van der Waals surface area contributed by atoms with Gasteiger partial charge >= 0.3 is 11.9 Å². The Morgan fingerprint density at radius 2 is 1.77 bits per heavy atom. The predicted molar refractivity (Wildman–Crippen MR) is 113 cm³/mol. The Labute approximate surface area is 185 Å². The fraction of sp³-hybridized carbons (Fsp3) is 0.619. The smallest absolute Gasteiger partial charge is 0.309 e. The van der Waals surface area contributed by atoms with Crippen LogP contribution < -0.4 is 0 Å². The third-order valence-electron chi connectivity index (χ3n) is 5.14. The van der Waals surface area contributed by atoms with E-state index >= 15 is 0 Å². The zero-order valence-corrected chi connectivity index (χ0v) is 19.2. The first-order valence-electron chi connectivity index (χ1n) is 9.77. The van der Waals surface area contributed by atoms with Gasteiger partial charge in [-0.2, -0.15) is 0 Å². The largest absolute Gasteiger partial charge is 0.508 e. The lowest BCUT2D eigenvalue weighted by molar-refractivity contribution is -0.164. The molecular weight excluding hydrogens is 460 g/mol. The molecule has 0 bridgehead atoms. The second kappa shape index (κ2) is 12.2. The number of aliphatic hydroxyl groups is 2. The van der Waals surface area contributed by atoms with Crippen molar-refractivity contribution in [2.75, 3.05) is 7.11 Å². The standard InChI is InChI=1S/C21H31BrO8/c1-11(5-8-18(29-4)15-9-14(24)6-7-16(15)22)20(12(2)21(27)28)30-19(26)10-17(25)13(3)23/h6-7,9,11-13,17-18,20,23-25H,5,8,10H2,1-4H3,(H,27,28)/t11-,12+,13+,17+,18?,20+/m0/s1. The van der Waals surface area contributed by atoms with Gasteiger partial charge in [-0.05, 0) is 56.4 Å². The first-order valence-corrected chi connectivity index (χ1v) is 10.6. The van der Waals surface area contributed by atoms with Gasteiger partial charge in [0.05, 0.1) is 30.7 Å². The second-order valence-electron chi connectivity index (χ2n) is 7.58. The maximum absolute atomic E-state index is 12.2. The van der Waals surface area contributed by atoms with Crippen molar-refractivity contribution < 1.29 is 39.5 Å². The number of carboxylic acid groups (broad SMARTS) is 1. The molecule has 0 spiro atoms. The molecule has 0 aliphatic carbocycles. The zero-order valence-electron chi connectivity index (χ0n) is 17.6. The molecule has 0 heterocycles. The van der Waals surface area contributed by atoms with Gasteiger partial charge in [-0.3, -0.25) is 9.59 Å². The number of aliphatic hydroxyl groups excluding tert-OH is 2. The molecule has 4 N–H and O–H groups in total. The summed E-state index contributed by atoms with van der Waals surface area (Å²) >= 11 is 3.44. The molecule has 9 heteroatoms. The predicted octanol–water partition coefficient (Wildman–Crippen LogP) is 3.02. The van der Waals surface area contributed by atoms with E-state index in [0.717, 1.165) is 10.0 Å². The molecule has 0 saturated heterocycles. The molecule has 0 fully saturated rings. The summed E-state index contributed by atoms with van der Waals surface area (Å²) in [4.78, 5) is 23.7. The topological polar surface area (TPSA) is 134 Å². The summed E-state index contributed by atoms with van der Waals surface area (Å²) in [7, 11) is 1.54. The number of halogens is 1. The van der Waals surface area contributed by atoms with Gasteiger partial charge in [0.25, 0.3) is 0 Å². The molecule has 1 aromatic rings. The number of carbonyl (C=O) groups is 2. The van der Waals surface area contributed by atoms with Crippen LogP contribution in [0.2, 0.25) is 0 Å². The Kier molecular flexibility index (Phi) is 10.8. The maximum Gasteiger partial charge on any atom is 0.309 e. The van der Waals surface area contributed by atoms with Gasteiger partial charge in [0.15, 0.2) is 0 Å². The van der Waals surface area contributed by atoms with E-state index in [2.05, 4.69) is 15.9 Å². The van der Waals surface area contributed by atoms with Crippen molar-refractivity contribution in [3.8, 4) is 5.75 Å². The van der Waals surface area contributed by atoms with Crippen LogP contribution in [-0.2, 0) is 19.1 Å². The number of aromatic hydroxyl groups is 1. The minimum absolute atomic E-state index is 0.103. The maximum atomic E-state index is 12.2. The van der Waals surface area contributed by atoms with Crippen molar-refractivity contribution in [2.45, 2.75) is 64.4 Å². The van der Waals surface area contributed by atoms with Crippen LogP contribution in [0.5, 0.6) is 5.75 Å². The van der Waals surface area contributed by atoms with E-state index in [1.807, 2.05) is 0 Å². The summed E-state index contributed by atoms with van der Waals surface area (Å²) in [5.41, 5.74) is 0.754. The minimum atomic E-state index is -1.28. The van der Waals surface area contributed by atoms with E-state index in [4.69, 9.17) is 9.47 Å². The van der Waals surface area contributed by atoms with Crippen LogP contribution in [0, 0.1) is 11.8 Å². The number of aliphatic carboxylic acids is 1. The van der Waals surface area contributed by atoms with Crippen molar-refractivity contribution in [2.24, 2.45) is 11.8 Å². The normalized spacial score (nSPS) is 17.4. The van der Waals surface area contributed by atoms with Gasteiger partial charge in [-0.25, -0.2) is 0 Å². The number of methoxy groups -OCH3 is 1. The number of benzene rings is 1. The number of rotatable bonds is 12. The van der Waals surface area contributed by atoms with Gasteiger partial charge in [-0.15, -0.1) is 0 Å². The van der Waals surface area contributed by atoms with Crippen molar-refractivity contribution in [3.63, 3.8) is 0 Å². The van der Waals surface area contributed by atoms with Crippen LogP contribution in [0.3, 0.4) is 0 Å². The molecule has 1 unspecified atom stereocenters. The van der Waals surface area contributed by atoms with Crippen LogP contribution in [-0.4, -0.2) is 57.8 Å². The molecule has 0 radical (unpaired) electrons. The molecule has 0 saturated carbocycles. The number of hydrogen-bond acceptors (Lipinski definition) is 7. The number of ether oxygens (including phenoxy) is 2. The van der Waals surface area contributed by atoms with Gasteiger partial charge in [0.2, 0.25) is 0 Å². The highest BCUT2D eigenvalue weighted by Crippen LogP contribution is 2.34. The first kappa shape index (κ1) is 26.4. The number of carboxylic acids is 1. The molecule has 0 aromatic heterocycles. The summed E-state index contributed by atoms with van der Waals surface area (Å²) in [6.45, 7) is 4.59. The minimum Gasteiger partial charge on any atom is -0.508 e. The van der Waals surface area contributed by atoms with Crippen molar-refractivity contribution in [1.82, 2.24) is 0 Å². The SMILES string of the molecule is COC(CC[C@H](C)[C@@H](OC(=O)C[C@@H](O)[C@@H](C)O)[C@@H](C)C(=O)O)c1cc(O)ccc1Br. The molecule has 0 aliphatic rings. The zero-order chi connectivity index (χ0) is 23.0. The number of esters is 1. The lowest BCUT2D eigenvalue weighted by atomic mass is 9.88. The third kappa shape index (κ3) is 7.86. The fourth-order valence-electron chi connectivity index (χ4n) is 3.15. The number of phenolic OH excluding ortho intramolecular Hbond substituents is 1. The fourth-order valence-corrected chi connectivity index (χ4v) is 3.65. The first-order chi connectivity index (χ1) is 14.0. The Bertz CT molecular complexity index is 708. The molecular formula is C21H31BrO8. The van der Waals surface area contributed by atoms with E-state index in [-0.39, 0.29) is 17.8 Å².